The molecule has 3 aliphatic rings. The van der Waals surface area contributed by atoms with Crippen LogP contribution in [0.5, 0.6) is 0 Å². The molecule has 3 fully saturated rings. The number of nitrogens with zero attached hydrogens (tertiary/aromatic N) is 4. The highest BCUT2D eigenvalue weighted by molar-refractivity contribution is 5.88. The van der Waals surface area contributed by atoms with E-state index in [4.69, 9.17) is 4.52 Å². The zero-order valence-electron chi connectivity index (χ0n) is 16.2. The van der Waals surface area contributed by atoms with Crippen LogP contribution in [0.2, 0.25) is 0 Å². The van der Waals surface area contributed by atoms with Crippen LogP contribution in [-0.2, 0) is 4.79 Å². The number of nitrogens with one attached hydrogen (secondary N) is 1. The lowest BCUT2D eigenvalue weighted by Gasteiger charge is -2.37. The minimum Gasteiger partial charge on any atom is -0.354 e. The van der Waals surface area contributed by atoms with Crippen LogP contribution >= 0.6 is 0 Å². The van der Waals surface area contributed by atoms with Gasteiger partial charge in [-0.2, -0.15) is 0 Å². The number of amides is 1. The van der Waals surface area contributed by atoms with Gasteiger partial charge in [0.25, 0.3) is 5.92 Å². The molecule has 0 bridgehead atoms. The van der Waals surface area contributed by atoms with Crippen LogP contribution in [0.15, 0.2) is 28.8 Å². The zero-order chi connectivity index (χ0) is 20.0. The van der Waals surface area contributed by atoms with Crippen LogP contribution in [0.1, 0.15) is 12.8 Å². The van der Waals surface area contributed by atoms with Crippen molar-refractivity contribution in [1.29, 1.82) is 0 Å². The molecule has 0 aliphatic carbocycles. The molecule has 0 radical (unpaired) electrons. The molecule has 0 saturated carbocycles. The Bertz CT molecular complexity index is 896. The molecule has 0 spiro atoms. The van der Waals surface area contributed by atoms with Gasteiger partial charge in [-0.1, -0.05) is 17.3 Å². The molecule has 29 heavy (non-hydrogen) atoms. The first kappa shape index (κ1) is 18.7. The van der Waals surface area contributed by atoms with Gasteiger partial charge in [0.15, 0.2) is 11.4 Å². The van der Waals surface area contributed by atoms with Gasteiger partial charge in [0.05, 0.1) is 18.0 Å². The summed E-state index contributed by atoms with van der Waals surface area (Å²) in [5.74, 6) is -2.04. The van der Waals surface area contributed by atoms with Crippen molar-refractivity contribution in [3.8, 4) is 0 Å². The number of anilines is 1. The second-order valence-electron chi connectivity index (χ2n) is 8.24. The minimum absolute atomic E-state index is 0.152. The van der Waals surface area contributed by atoms with Crippen LogP contribution < -0.4 is 10.2 Å². The number of alkyl halides is 2. The maximum absolute atomic E-state index is 13.4. The van der Waals surface area contributed by atoms with Crippen molar-refractivity contribution in [2.75, 3.05) is 50.7 Å². The molecule has 1 amide bonds. The van der Waals surface area contributed by atoms with Gasteiger partial charge in [-0.25, -0.2) is 8.78 Å². The second kappa shape index (κ2) is 7.21. The quantitative estimate of drug-likeness (QED) is 0.836. The number of carbonyl (C=O) groups is 1. The fourth-order valence-electron chi connectivity index (χ4n) is 4.73. The molecule has 0 unspecified atom stereocenters. The highest BCUT2D eigenvalue weighted by Crippen LogP contribution is 2.29. The Hall–Kier alpha value is -2.26. The van der Waals surface area contributed by atoms with Crippen molar-refractivity contribution >= 4 is 22.7 Å². The van der Waals surface area contributed by atoms with Gasteiger partial charge in [0, 0.05) is 51.7 Å². The van der Waals surface area contributed by atoms with E-state index < -0.39 is 12.5 Å². The Morgan fingerprint density at radius 1 is 1.17 bits per heavy atom. The number of para-hydroxylation sites is 1. The normalized spacial score (nSPS) is 27.8. The van der Waals surface area contributed by atoms with Crippen molar-refractivity contribution in [3.05, 3.63) is 24.3 Å². The number of hydrogen-bond acceptors (Lipinski definition) is 6. The minimum atomic E-state index is -2.74. The van der Waals surface area contributed by atoms with Gasteiger partial charge in [0.1, 0.15) is 0 Å². The summed E-state index contributed by atoms with van der Waals surface area (Å²) in [4.78, 5) is 18.5. The van der Waals surface area contributed by atoms with Gasteiger partial charge in [0.2, 0.25) is 5.91 Å². The largest absolute Gasteiger partial charge is 0.354 e. The summed E-state index contributed by atoms with van der Waals surface area (Å²) in [7, 11) is 0. The lowest BCUT2D eigenvalue weighted by Crippen LogP contribution is -2.51. The third-order valence-electron chi connectivity index (χ3n) is 6.38. The number of fused-ring (bicyclic) bond motifs is 1. The van der Waals surface area contributed by atoms with E-state index in [9.17, 15) is 13.6 Å². The highest BCUT2D eigenvalue weighted by Gasteiger charge is 2.43. The van der Waals surface area contributed by atoms with Crippen molar-refractivity contribution in [2.24, 2.45) is 0 Å². The summed E-state index contributed by atoms with van der Waals surface area (Å²) in [5.41, 5.74) is 0.791. The zero-order valence-corrected chi connectivity index (χ0v) is 16.2. The van der Waals surface area contributed by atoms with E-state index in [1.807, 2.05) is 24.3 Å². The number of hydrogen-bond donors (Lipinski definition) is 1. The standard InChI is InChI=1S/C20H25F2N5O2/c21-20(22)5-6-27(13-20)19(28)16-11-14(12-23-16)25-7-9-26(10-8-25)18-15-3-1-2-4-17(15)29-24-18/h1-4,14,16,23H,5-13H2/t14-,16-/m0/s1. The molecular weight excluding hydrogens is 380 g/mol. The van der Waals surface area contributed by atoms with Crippen LogP contribution in [-0.4, -0.2) is 84.7 Å². The number of piperazine rings is 1. The molecule has 9 heteroatoms. The monoisotopic (exact) mass is 405 g/mol. The van der Waals surface area contributed by atoms with Gasteiger partial charge in [-0.05, 0) is 18.6 Å². The van der Waals surface area contributed by atoms with Crippen LogP contribution in [0, 0.1) is 0 Å². The van der Waals surface area contributed by atoms with Gasteiger partial charge < -0.3 is 19.6 Å². The third kappa shape index (κ3) is 3.57. The fourth-order valence-corrected chi connectivity index (χ4v) is 4.73. The molecule has 7 nitrogen and oxygen atoms in total. The predicted molar refractivity (Wildman–Crippen MR) is 104 cm³/mol. The lowest BCUT2D eigenvalue weighted by atomic mass is 10.1. The van der Waals surface area contributed by atoms with Crippen molar-refractivity contribution in [3.63, 3.8) is 0 Å². The summed E-state index contributed by atoms with van der Waals surface area (Å²) < 4.78 is 32.3. The van der Waals surface area contributed by atoms with E-state index in [-0.39, 0.29) is 31.0 Å². The van der Waals surface area contributed by atoms with Crippen LogP contribution in [0.3, 0.4) is 0 Å². The molecule has 156 valence electrons. The third-order valence-corrected chi connectivity index (χ3v) is 6.38. The van der Waals surface area contributed by atoms with Crippen LogP contribution in [0.4, 0.5) is 14.6 Å². The summed E-state index contributed by atoms with van der Waals surface area (Å²) in [6, 6.07) is 7.75. The predicted octanol–water partition coefficient (Wildman–Crippen LogP) is 1.55. The molecule has 1 aromatic carbocycles. The van der Waals surface area contributed by atoms with Crippen molar-refractivity contribution in [1.82, 2.24) is 20.3 Å². The van der Waals surface area contributed by atoms with E-state index in [0.717, 1.165) is 43.0 Å². The molecule has 2 atom stereocenters. The number of benzene rings is 1. The Morgan fingerprint density at radius 3 is 2.72 bits per heavy atom. The Kier molecular flexibility index (Phi) is 4.66. The molecule has 3 aliphatic heterocycles. The Morgan fingerprint density at radius 2 is 1.97 bits per heavy atom. The molecule has 1 aromatic heterocycles. The van der Waals surface area contributed by atoms with E-state index >= 15 is 0 Å². The van der Waals surface area contributed by atoms with Crippen LogP contribution in [0.25, 0.3) is 11.0 Å². The highest BCUT2D eigenvalue weighted by atomic mass is 19.3. The average Bonchev–Trinajstić information content (AvgIpc) is 3.45. The first-order chi connectivity index (χ1) is 14.0. The van der Waals surface area contributed by atoms with E-state index in [0.29, 0.717) is 13.0 Å². The number of aromatic nitrogens is 1. The molecule has 2 aromatic rings. The first-order valence-corrected chi connectivity index (χ1v) is 10.2. The topological polar surface area (TPSA) is 64.9 Å². The maximum Gasteiger partial charge on any atom is 0.267 e. The SMILES string of the molecule is O=C([C@@H]1C[C@H](N2CCN(c3noc4ccccc34)CC2)CN1)N1CCC(F)(F)C1. The molecule has 3 saturated heterocycles. The van der Waals surface area contributed by atoms with Gasteiger partial charge in [-0.15, -0.1) is 0 Å². The average molecular weight is 405 g/mol. The number of carbonyl (C=O) groups excluding carboxylic acids is 1. The number of halogens is 2. The molecule has 4 heterocycles. The summed E-state index contributed by atoms with van der Waals surface area (Å²) in [6.07, 6.45) is 0.446. The smallest absolute Gasteiger partial charge is 0.267 e. The van der Waals surface area contributed by atoms with Gasteiger partial charge >= 0.3 is 0 Å². The number of likely N-dealkylation sites (tertiary alicyclic amines) is 1. The molecule has 5 rings (SSSR count). The van der Waals surface area contributed by atoms with Crippen molar-refractivity contribution < 1.29 is 18.1 Å². The number of rotatable bonds is 3. The summed E-state index contributed by atoms with van der Waals surface area (Å²) in [6.45, 7) is 3.84. The maximum atomic E-state index is 13.4. The second-order valence-corrected chi connectivity index (χ2v) is 8.24. The fraction of sp³-hybridized carbons (Fsp3) is 0.600. The van der Waals surface area contributed by atoms with E-state index in [2.05, 4.69) is 20.3 Å². The Labute approximate surface area is 167 Å². The van der Waals surface area contributed by atoms with Gasteiger partial charge in [-0.3, -0.25) is 9.69 Å². The summed E-state index contributed by atoms with van der Waals surface area (Å²) >= 11 is 0. The Balaban J connectivity index is 1.16. The molecular formula is C20H25F2N5O2. The summed E-state index contributed by atoms with van der Waals surface area (Å²) in [5, 5.41) is 8.52. The van der Waals surface area contributed by atoms with E-state index in [1.165, 1.54) is 4.90 Å². The lowest BCUT2D eigenvalue weighted by molar-refractivity contribution is -0.133. The van der Waals surface area contributed by atoms with Crippen molar-refractivity contribution in [2.45, 2.75) is 30.8 Å². The van der Waals surface area contributed by atoms with E-state index in [1.54, 1.807) is 0 Å². The first-order valence-electron chi connectivity index (χ1n) is 10.2. The molecule has 1 N–H and O–H groups in total.